The molecular formula is C11H13N3O2SSe. The van der Waals surface area contributed by atoms with Crippen LogP contribution in [0.3, 0.4) is 0 Å². The maximum absolute atomic E-state index is 11.6. The maximum atomic E-state index is 11.6. The Balaban J connectivity index is 1.86. The summed E-state index contributed by atoms with van der Waals surface area (Å²) >= 11 is -0.0568. The Hall–Kier alpha value is -0.911. The summed E-state index contributed by atoms with van der Waals surface area (Å²) in [6.45, 7) is 0. The number of sulfone groups is 1. The summed E-state index contributed by atoms with van der Waals surface area (Å²) in [5.74, 6) is 0.542. The zero-order valence-electron chi connectivity index (χ0n) is 9.67. The van der Waals surface area contributed by atoms with Gasteiger partial charge in [0.1, 0.15) is 0 Å². The second kappa shape index (κ2) is 4.64. The Kier molecular flexibility index (Phi) is 3.13. The molecule has 1 unspecified atom stereocenters. The zero-order chi connectivity index (χ0) is 12.6. The average Bonchev–Trinajstić information content (AvgIpc) is 2.77. The van der Waals surface area contributed by atoms with Gasteiger partial charge in [-0.05, 0) is 0 Å². The van der Waals surface area contributed by atoms with Crippen molar-refractivity contribution in [1.82, 2.24) is 7.96 Å². The van der Waals surface area contributed by atoms with E-state index in [2.05, 4.69) is 13.3 Å². The van der Waals surface area contributed by atoms with Crippen molar-refractivity contribution < 1.29 is 8.42 Å². The summed E-state index contributed by atoms with van der Waals surface area (Å²) in [5, 5.41) is 3.31. The van der Waals surface area contributed by atoms with Crippen LogP contribution in [0, 0.1) is 0 Å². The molecule has 1 atom stereocenters. The van der Waals surface area contributed by atoms with E-state index in [1.165, 1.54) is 0 Å². The zero-order valence-corrected chi connectivity index (χ0v) is 12.2. The van der Waals surface area contributed by atoms with Gasteiger partial charge in [0, 0.05) is 0 Å². The normalized spacial score (nSPS) is 23.0. The van der Waals surface area contributed by atoms with Crippen molar-refractivity contribution in [3.8, 4) is 0 Å². The molecule has 18 heavy (non-hydrogen) atoms. The second-order valence-corrected chi connectivity index (χ2v) is 7.87. The molecule has 1 saturated heterocycles. The van der Waals surface area contributed by atoms with E-state index in [0.29, 0.717) is 5.75 Å². The molecule has 0 radical (unpaired) electrons. The van der Waals surface area contributed by atoms with E-state index in [9.17, 15) is 8.42 Å². The van der Waals surface area contributed by atoms with Gasteiger partial charge in [0.15, 0.2) is 0 Å². The van der Waals surface area contributed by atoms with Crippen molar-refractivity contribution >= 4 is 41.5 Å². The van der Waals surface area contributed by atoms with Crippen LogP contribution in [-0.4, -0.2) is 48.9 Å². The van der Waals surface area contributed by atoms with Gasteiger partial charge < -0.3 is 0 Å². The number of hydrogen-bond acceptors (Lipinski definition) is 5. The molecule has 7 heteroatoms. The monoisotopic (exact) mass is 331 g/mol. The van der Waals surface area contributed by atoms with Crippen LogP contribution in [0.25, 0.3) is 11.0 Å². The van der Waals surface area contributed by atoms with Crippen LogP contribution in [-0.2, 0) is 9.84 Å². The molecule has 1 aromatic heterocycles. The van der Waals surface area contributed by atoms with Crippen molar-refractivity contribution in [3.05, 3.63) is 18.2 Å². The van der Waals surface area contributed by atoms with Gasteiger partial charge in [-0.1, -0.05) is 0 Å². The van der Waals surface area contributed by atoms with Gasteiger partial charge in [0.05, 0.1) is 0 Å². The van der Waals surface area contributed by atoms with E-state index >= 15 is 0 Å². The fourth-order valence-electron chi connectivity index (χ4n) is 2.28. The van der Waals surface area contributed by atoms with E-state index in [0.717, 1.165) is 29.6 Å². The number of anilines is 1. The van der Waals surface area contributed by atoms with E-state index < -0.39 is 9.84 Å². The van der Waals surface area contributed by atoms with Crippen LogP contribution in [0.1, 0.15) is 12.8 Å². The van der Waals surface area contributed by atoms with Crippen LogP contribution >= 0.6 is 0 Å². The van der Waals surface area contributed by atoms with Gasteiger partial charge >= 0.3 is 112 Å². The van der Waals surface area contributed by atoms with Gasteiger partial charge in [0.2, 0.25) is 0 Å². The Morgan fingerprint density at radius 1 is 1.33 bits per heavy atom. The number of rotatable bonds is 2. The predicted molar refractivity (Wildman–Crippen MR) is 71.8 cm³/mol. The molecule has 1 aliphatic rings. The van der Waals surface area contributed by atoms with Crippen molar-refractivity contribution in [1.29, 1.82) is 0 Å². The summed E-state index contributed by atoms with van der Waals surface area (Å²) < 4.78 is 31.9. The van der Waals surface area contributed by atoms with Crippen molar-refractivity contribution in [3.63, 3.8) is 0 Å². The van der Waals surface area contributed by atoms with E-state index in [1.807, 2.05) is 18.2 Å². The molecule has 0 aliphatic carbocycles. The number of hydrogen-bond donors (Lipinski definition) is 1. The van der Waals surface area contributed by atoms with Crippen molar-refractivity contribution in [2.45, 2.75) is 18.9 Å². The van der Waals surface area contributed by atoms with Crippen LogP contribution in [0.15, 0.2) is 18.2 Å². The predicted octanol–water partition coefficient (Wildman–Crippen LogP) is 0.676. The van der Waals surface area contributed by atoms with Gasteiger partial charge in [-0.15, -0.1) is 0 Å². The van der Waals surface area contributed by atoms with E-state index in [1.54, 1.807) is 0 Å². The molecule has 0 amide bonds. The fraction of sp³-hybridized carbons (Fsp3) is 0.455. The average molecular weight is 330 g/mol. The Labute approximate surface area is 112 Å². The molecule has 0 spiro atoms. The number of aromatic nitrogens is 2. The SMILES string of the molecule is O=S1(=O)CCCC(Nc2cccc3n[se]nc23)C1. The first-order valence-electron chi connectivity index (χ1n) is 5.82. The number of nitrogens with zero attached hydrogens (tertiary/aromatic N) is 2. The molecule has 0 saturated carbocycles. The van der Waals surface area contributed by atoms with Gasteiger partial charge in [-0.2, -0.15) is 0 Å². The van der Waals surface area contributed by atoms with Gasteiger partial charge in [-0.25, -0.2) is 0 Å². The third-order valence-electron chi connectivity index (χ3n) is 3.11. The number of benzene rings is 1. The number of fused-ring (bicyclic) bond motifs is 1. The minimum absolute atomic E-state index is 0.00134. The van der Waals surface area contributed by atoms with E-state index in [4.69, 9.17) is 0 Å². The molecule has 1 aromatic carbocycles. The minimum atomic E-state index is -2.88. The third kappa shape index (κ3) is 2.43. The fourth-order valence-corrected chi connectivity index (χ4v) is 5.07. The first kappa shape index (κ1) is 12.1. The molecule has 1 N–H and O–H groups in total. The first-order chi connectivity index (χ1) is 8.64. The standard InChI is InChI=1S/C11H13N3O2SSe/c15-17(16)6-2-3-8(7-17)12-9-4-1-5-10-11(9)14-18-13-10/h1,4-5,8,12H,2-3,6-7H2. The van der Waals surface area contributed by atoms with Crippen molar-refractivity contribution in [2.75, 3.05) is 16.8 Å². The molecular weight excluding hydrogens is 317 g/mol. The Bertz CT molecular complexity index is 668. The first-order valence-corrected chi connectivity index (χ1v) is 9.18. The summed E-state index contributed by atoms with van der Waals surface area (Å²) in [6.07, 6.45) is 1.63. The van der Waals surface area contributed by atoms with Crippen molar-refractivity contribution in [2.24, 2.45) is 0 Å². The third-order valence-corrected chi connectivity index (χ3v) is 6.07. The topological polar surface area (TPSA) is 72.0 Å². The summed E-state index contributed by atoms with van der Waals surface area (Å²) in [5.41, 5.74) is 2.72. The molecule has 1 aliphatic heterocycles. The second-order valence-electron chi connectivity index (χ2n) is 4.54. The summed E-state index contributed by atoms with van der Waals surface area (Å²) in [7, 11) is -2.88. The molecule has 0 bridgehead atoms. The molecule has 5 nitrogen and oxygen atoms in total. The van der Waals surface area contributed by atoms with Crippen LogP contribution in [0.5, 0.6) is 0 Å². The van der Waals surface area contributed by atoms with Crippen LogP contribution in [0.2, 0.25) is 0 Å². The summed E-state index contributed by atoms with van der Waals surface area (Å²) in [4.78, 5) is 0. The summed E-state index contributed by atoms with van der Waals surface area (Å²) in [6, 6.07) is 5.81. The van der Waals surface area contributed by atoms with Crippen LogP contribution < -0.4 is 5.32 Å². The van der Waals surface area contributed by atoms with E-state index in [-0.39, 0.29) is 26.8 Å². The molecule has 2 aromatic rings. The Morgan fingerprint density at radius 2 is 2.22 bits per heavy atom. The molecule has 2 heterocycles. The quantitative estimate of drug-likeness (QED) is 0.820. The molecule has 3 rings (SSSR count). The molecule has 96 valence electrons. The number of nitrogens with one attached hydrogen (secondary N) is 1. The van der Waals surface area contributed by atoms with Gasteiger partial charge in [0.25, 0.3) is 0 Å². The Morgan fingerprint density at radius 3 is 3.06 bits per heavy atom. The molecule has 1 fully saturated rings. The van der Waals surface area contributed by atoms with Crippen LogP contribution in [0.4, 0.5) is 5.69 Å². The van der Waals surface area contributed by atoms with Gasteiger partial charge in [-0.3, -0.25) is 0 Å².